The first-order chi connectivity index (χ1) is 8.78. The SMILES string of the molecule is NC(CCl)=Nc1ccc(Oc2ccccc2)cc1. The fourth-order valence-electron chi connectivity index (χ4n) is 1.41. The van der Waals surface area contributed by atoms with Crippen LogP contribution < -0.4 is 10.5 Å². The lowest BCUT2D eigenvalue weighted by Crippen LogP contribution is -2.12. The summed E-state index contributed by atoms with van der Waals surface area (Å²) in [5.41, 5.74) is 6.31. The second-order valence-electron chi connectivity index (χ2n) is 3.65. The molecular formula is C14H13ClN2O. The molecule has 0 heterocycles. The molecule has 0 aromatic heterocycles. The highest BCUT2D eigenvalue weighted by atomic mass is 35.5. The van der Waals surface area contributed by atoms with Crippen LogP contribution in [0.2, 0.25) is 0 Å². The molecule has 0 unspecified atom stereocenters. The number of hydrogen-bond donors (Lipinski definition) is 1. The summed E-state index contributed by atoms with van der Waals surface area (Å²) >= 11 is 5.56. The summed E-state index contributed by atoms with van der Waals surface area (Å²) in [6, 6.07) is 16.9. The van der Waals surface area contributed by atoms with Crippen molar-refractivity contribution >= 4 is 23.1 Å². The molecular weight excluding hydrogens is 248 g/mol. The van der Waals surface area contributed by atoms with Crippen LogP contribution in [0.5, 0.6) is 11.5 Å². The second-order valence-corrected chi connectivity index (χ2v) is 3.91. The Morgan fingerprint density at radius 3 is 2.22 bits per heavy atom. The first-order valence-corrected chi connectivity index (χ1v) is 6.03. The van der Waals surface area contributed by atoms with Gasteiger partial charge in [0.05, 0.1) is 11.6 Å². The molecule has 0 aliphatic rings. The van der Waals surface area contributed by atoms with Crippen molar-refractivity contribution in [3.8, 4) is 11.5 Å². The standard InChI is InChI=1S/C14H13ClN2O/c15-10-14(16)17-11-6-8-13(9-7-11)18-12-4-2-1-3-5-12/h1-9H,10H2,(H2,16,17). The summed E-state index contributed by atoms with van der Waals surface area (Å²) in [4.78, 5) is 4.13. The molecule has 4 heteroatoms. The number of nitrogens with two attached hydrogens (primary N) is 1. The van der Waals surface area contributed by atoms with Crippen LogP contribution in [0.25, 0.3) is 0 Å². The molecule has 2 aromatic rings. The van der Waals surface area contributed by atoms with Crippen LogP contribution in [-0.4, -0.2) is 11.7 Å². The molecule has 3 nitrogen and oxygen atoms in total. The third-order valence-electron chi connectivity index (χ3n) is 2.23. The van der Waals surface area contributed by atoms with E-state index in [2.05, 4.69) is 4.99 Å². The number of ether oxygens (including phenoxy) is 1. The highest BCUT2D eigenvalue weighted by Gasteiger charge is 1.97. The van der Waals surface area contributed by atoms with Crippen molar-refractivity contribution in [2.24, 2.45) is 10.7 Å². The fourth-order valence-corrected chi connectivity index (χ4v) is 1.47. The maximum Gasteiger partial charge on any atom is 0.127 e. The van der Waals surface area contributed by atoms with Crippen LogP contribution in [0.3, 0.4) is 0 Å². The van der Waals surface area contributed by atoms with Crippen LogP contribution in [0.15, 0.2) is 59.6 Å². The Hall–Kier alpha value is -2.00. The molecule has 2 rings (SSSR count). The largest absolute Gasteiger partial charge is 0.457 e. The van der Waals surface area contributed by atoms with Crippen molar-refractivity contribution < 1.29 is 4.74 Å². The maximum absolute atomic E-state index is 5.66. The van der Waals surface area contributed by atoms with Crippen LogP contribution in [0.1, 0.15) is 0 Å². The molecule has 0 fully saturated rings. The minimum absolute atomic E-state index is 0.224. The number of rotatable bonds is 4. The van der Waals surface area contributed by atoms with E-state index in [1.165, 1.54) is 0 Å². The Morgan fingerprint density at radius 2 is 1.61 bits per heavy atom. The van der Waals surface area contributed by atoms with Gasteiger partial charge in [-0.2, -0.15) is 0 Å². The number of hydrogen-bond acceptors (Lipinski definition) is 2. The molecule has 2 aromatic carbocycles. The Balaban J connectivity index is 2.09. The molecule has 18 heavy (non-hydrogen) atoms. The molecule has 0 saturated heterocycles. The van der Waals surface area contributed by atoms with Gasteiger partial charge >= 0.3 is 0 Å². The van der Waals surface area contributed by atoms with Gasteiger partial charge in [0.15, 0.2) is 0 Å². The minimum atomic E-state index is 0.224. The van der Waals surface area contributed by atoms with Crippen molar-refractivity contribution in [1.29, 1.82) is 0 Å². The molecule has 0 atom stereocenters. The zero-order valence-electron chi connectivity index (χ0n) is 9.71. The number of halogens is 1. The number of benzene rings is 2. The Morgan fingerprint density at radius 1 is 1.00 bits per heavy atom. The lowest BCUT2D eigenvalue weighted by Gasteiger charge is -2.05. The number of para-hydroxylation sites is 1. The summed E-state index contributed by atoms with van der Waals surface area (Å²) in [5, 5.41) is 0. The van der Waals surface area contributed by atoms with Gasteiger partial charge in [0.2, 0.25) is 0 Å². The summed E-state index contributed by atoms with van der Waals surface area (Å²) in [6.45, 7) is 0. The molecule has 92 valence electrons. The first-order valence-electron chi connectivity index (χ1n) is 5.50. The molecule has 0 radical (unpaired) electrons. The molecule has 0 aliphatic carbocycles. The number of aliphatic imine (C=N–C) groups is 1. The van der Waals surface area contributed by atoms with E-state index in [4.69, 9.17) is 22.1 Å². The van der Waals surface area contributed by atoms with Crippen LogP contribution in [0, 0.1) is 0 Å². The van der Waals surface area contributed by atoms with Gasteiger partial charge in [0.1, 0.15) is 17.3 Å². The van der Waals surface area contributed by atoms with Crippen molar-refractivity contribution in [2.45, 2.75) is 0 Å². The van der Waals surface area contributed by atoms with E-state index in [0.717, 1.165) is 17.2 Å². The predicted octanol–water partition coefficient (Wildman–Crippen LogP) is 3.71. The summed E-state index contributed by atoms with van der Waals surface area (Å²) in [6.07, 6.45) is 0. The average molecular weight is 261 g/mol. The topological polar surface area (TPSA) is 47.6 Å². The van der Waals surface area contributed by atoms with Gasteiger partial charge in [-0.1, -0.05) is 18.2 Å². The Bertz CT molecular complexity index is 523. The Labute approximate surface area is 111 Å². The van der Waals surface area contributed by atoms with Crippen LogP contribution >= 0.6 is 11.6 Å². The van der Waals surface area contributed by atoms with Crippen molar-refractivity contribution in [2.75, 3.05) is 5.88 Å². The zero-order chi connectivity index (χ0) is 12.8. The number of amidine groups is 1. The van der Waals surface area contributed by atoms with E-state index in [-0.39, 0.29) is 5.88 Å². The van der Waals surface area contributed by atoms with Crippen molar-refractivity contribution in [3.05, 3.63) is 54.6 Å². The Kier molecular flexibility index (Phi) is 4.20. The average Bonchev–Trinajstić information content (AvgIpc) is 2.42. The molecule has 0 aliphatic heterocycles. The third kappa shape index (κ3) is 3.50. The third-order valence-corrected chi connectivity index (χ3v) is 2.50. The first kappa shape index (κ1) is 12.5. The smallest absolute Gasteiger partial charge is 0.127 e. The van der Waals surface area contributed by atoms with E-state index in [1.807, 2.05) is 54.6 Å². The minimum Gasteiger partial charge on any atom is -0.457 e. The summed E-state index contributed by atoms with van der Waals surface area (Å²) < 4.78 is 5.66. The van der Waals surface area contributed by atoms with Gasteiger partial charge in [0, 0.05) is 0 Å². The molecule has 2 N–H and O–H groups in total. The van der Waals surface area contributed by atoms with Crippen LogP contribution in [0.4, 0.5) is 5.69 Å². The van der Waals surface area contributed by atoms with E-state index in [0.29, 0.717) is 5.84 Å². The van der Waals surface area contributed by atoms with Crippen molar-refractivity contribution in [3.63, 3.8) is 0 Å². The van der Waals surface area contributed by atoms with Gasteiger partial charge in [-0.25, -0.2) is 4.99 Å². The van der Waals surface area contributed by atoms with E-state index >= 15 is 0 Å². The van der Waals surface area contributed by atoms with E-state index in [1.54, 1.807) is 0 Å². The number of nitrogens with zero attached hydrogens (tertiary/aromatic N) is 1. The maximum atomic E-state index is 5.66. The molecule has 0 amide bonds. The van der Waals surface area contributed by atoms with Crippen LogP contribution in [-0.2, 0) is 0 Å². The highest BCUT2D eigenvalue weighted by molar-refractivity contribution is 6.28. The van der Waals surface area contributed by atoms with E-state index < -0.39 is 0 Å². The number of alkyl halides is 1. The summed E-state index contributed by atoms with van der Waals surface area (Å²) in [5.74, 6) is 2.18. The van der Waals surface area contributed by atoms with Gasteiger partial charge in [0.25, 0.3) is 0 Å². The second kappa shape index (κ2) is 6.07. The molecule has 0 spiro atoms. The van der Waals surface area contributed by atoms with Gasteiger partial charge < -0.3 is 10.5 Å². The van der Waals surface area contributed by atoms with Crippen molar-refractivity contribution in [1.82, 2.24) is 0 Å². The zero-order valence-corrected chi connectivity index (χ0v) is 10.5. The van der Waals surface area contributed by atoms with Gasteiger partial charge in [-0.3, -0.25) is 0 Å². The highest BCUT2D eigenvalue weighted by Crippen LogP contribution is 2.23. The molecule has 0 saturated carbocycles. The van der Waals surface area contributed by atoms with E-state index in [9.17, 15) is 0 Å². The monoisotopic (exact) mass is 260 g/mol. The molecule has 0 bridgehead atoms. The predicted molar refractivity (Wildman–Crippen MR) is 75.0 cm³/mol. The summed E-state index contributed by atoms with van der Waals surface area (Å²) in [7, 11) is 0. The lowest BCUT2D eigenvalue weighted by molar-refractivity contribution is 0.483. The van der Waals surface area contributed by atoms with Gasteiger partial charge in [-0.15, -0.1) is 11.6 Å². The van der Waals surface area contributed by atoms with Gasteiger partial charge in [-0.05, 0) is 36.4 Å². The lowest BCUT2D eigenvalue weighted by atomic mass is 10.3. The quantitative estimate of drug-likeness (QED) is 0.518. The normalized spacial score (nSPS) is 11.3. The fraction of sp³-hybridized carbons (Fsp3) is 0.0714.